The Balaban J connectivity index is 1.52. The molecule has 4 heteroatoms. The van der Waals surface area contributed by atoms with Crippen LogP contribution in [0.5, 0.6) is 0 Å². The van der Waals surface area contributed by atoms with E-state index in [0.29, 0.717) is 24.2 Å². The molecule has 3 saturated heterocycles. The number of nitrogens with zero attached hydrogens (tertiary/aromatic N) is 2. The zero-order valence-electron chi connectivity index (χ0n) is 15.5. The Bertz CT molecular complexity index is 620. The first kappa shape index (κ1) is 17.0. The summed E-state index contributed by atoms with van der Waals surface area (Å²) in [4.78, 5) is 17.5. The molecule has 1 aromatic rings. The molecule has 0 bridgehead atoms. The molecule has 1 aromatic carbocycles. The van der Waals surface area contributed by atoms with E-state index in [4.69, 9.17) is 4.74 Å². The maximum atomic E-state index is 12.8. The minimum atomic E-state index is -0.323. The quantitative estimate of drug-likeness (QED) is 0.842. The van der Waals surface area contributed by atoms with E-state index in [1.165, 1.54) is 5.56 Å². The van der Waals surface area contributed by atoms with Crippen LogP contribution in [0.3, 0.4) is 0 Å². The molecule has 4 atom stereocenters. The van der Waals surface area contributed by atoms with E-state index in [1.807, 2.05) is 0 Å². The minimum absolute atomic E-state index is 0.265. The van der Waals surface area contributed by atoms with Crippen molar-refractivity contribution in [2.24, 2.45) is 11.8 Å². The third-order valence-electron chi connectivity index (χ3n) is 6.67. The Labute approximate surface area is 151 Å². The van der Waals surface area contributed by atoms with Crippen LogP contribution in [0.2, 0.25) is 0 Å². The number of carbonyl (C=O) groups excluding carboxylic acids is 1. The summed E-state index contributed by atoms with van der Waals surface area (Å²) in [5.74, 6) is 1.26. The van der Waals surface area contributed by atoms with E-state index < -0.39 is 0 Å². The lowest BCUT2D eigenvalue weighted by Gasteiger charge is -2.53. The van der Waals surface area contributed by atoms with E-state index >= 15 is 0 Å². The number of rotatable bonds is 4. The van der Waals surface area contributed by atoms with Crippen molar-refractivity contribution in [1.29, 1.82) is 0 Å². The fraction of sp³-hybridized carbons (Fsp3) is 0.667. The van der Waals surface area contributed by atoms with E-state index in [1.54, 1.807) is 0 Å². The summed E-state index contributed by atoms with van der Waals surface area (Å²) >= 11 is 0. The molecular weight excluding hydrogens is 312 g/mol. The number of benzene rings is 1. The first-order valence-electron chi connectivity index (χ1n) is 9.86. The molecule has 0 radical (unpaired) electrons. The Kier molecular flexibility index (Phi) is 4.59. The second-order valence-electron chi connectivity index (χ2n) is 8.08. The van der Waals surface area contributed by atoms with Crippen LogP contribution in [-0.4, -0.2) is 47.2 Å². The van der Waals surface area contributed by atoms with Gasteiger partial charge in [-0.05, 0) is 17.9 Å². The minimum Gasteiger partial charge on any atom is -0.353 e. The van der Waals surface area contributed by atoms with E-state index in [-0.39, 0.29) is 11.8 Å². The Hall–Kier alpha value is -1.39. The fourth-order valence-corrected chi connectivity index (χ4v) is 5.04. The molecule has 0 saturated carbocycles. The average molecular weight is 342 g/mol. The maximum absolute atomic E-state index is 12.8. The van der Waals surface area contributed by atoms with Gasteiger partial charge in [0.05, 0.1) is 12.6 Å². The van der Waals surface area contributed by atoms with Crippen molar-refractivity contribution in [2.75, 3.05) is 19.7 Å². The van der Waals surface area contributed by atoms with E-state index in [2.05, 4.69) is 54.0 Å². The molecule has 1 amide bonds. The van der Waals surface area contributed by atoms with Crippen molar-refractivity contribution in [3.05, 3.63) is 35.9 Å². The molecule has 4 nitrogen and oxygen atoms in total. The van der Waals surface area contributed by atoms with Crippen molar-refractivity contribution in [3.8, 4) is 0 Å². The zero-order chi connectivity index (χ0) is 17.4. The lowest BCUT2D eigenvalue weighted by atomic mass is 9.79. The molecule has 0 aliphatic carbocycles. The van der Waals surface area contributed by atoms with Crippen LogP contribution >= 0.6 is 0 Å². The Morgan fingerprint density at radius 3 is 2.88 bits per heavy atom. The molecule has 0 N–H and O–H groups in total. The van der Waals surface area contributed by atoms with Gasteiger partial charge in [0.2, 0.25) is 5.91 Å². The second-order valence-corrected chi connectivity index (χ2v) is 8.08. The standard InChI is InChI=1S/C21H30N2O2/c1-3-16(2)19-15-25-21-11-12-22(13-17-7-5-4-6-8-17)14-18(21)9-10-20(24)23(19)21/h4-8,16,18-19H,3,9-15H2,1-2H3/t16-,18-,19?,21-/m1/s1. The van der Waals surface area contributed by atoms with Crippen LogP contribution in [0.25, 0.3) is 0 Å². The van der Waals surface area contributed by atoms with Gasteiger partial charge in [-0.25, -0.2) is 0 Å². The predicted molar refractivity (Wildman–Crippen MR) is 97.8 cm³/mol. The average Bonchev–Trinajstić information content (AvgIpc) is 3.03. The van der Waals surface area contributed by atoms with Gasteiger partial charge in [-0.15, -0.1) is 0 Å². The molecule has 0 aromatic heterocycles. The number of piperidine rings is 2. The molecule has 136 valence electrons. The lowest BCUT2D eigenvalue weighted by molar-refractivity contribution is -0.193. The summed E-state index contributed by atoms with van der Waals surface area (Å²) in [6, 6.07) is 11.0. The maximum Gasteiger partial charge on any atom is 0.225 e. The fourth-order valence-electron chi connectivity index (χ4n) is 5.04. The predicted octanol–water partition coefficient (Wildman–Crippen LogP) is 3.27. The summed E-state index contributed by atoms with van der Waals surface area (Å²) in [7, 11) is 0. The van der Waals surface area contributed by atoms with Crippen molar-refractivity contribution in [2.45, 2.75) is 57.8 Å². The van der Waals surface area contributed by atoms with Crippen molar-refractivity contribution in [3.63, 3.8) is 0 Å². The van der Waals surface area contributed by atoms with Crippen LogP contribution < -0.4 is 0 Å². The SMILES string of the molecule is CC[C@@H](C)C1CO[C@]23CCN(Cc4ccccc4)C[C@H]2CCC(=O)N13. The zero-order valence-corrected chi connectivity index (χ0v) is 15.5. The molecule has 3 aliphatic rings. The Morgan fingerprint density at radius 1 is 1.32 bits per heavy atom. The Morgan fingerprint density at radius 2 is 2.12 bits per heavy atom. The van der Waals surface area contributed by atoms with Gasteiger partial charge in [0, 0.05) is 38.4 Å². The molecule has 3 heterocycles. The van der Waals surface area contributed by atoms with Crippen LogP contribution in [0, 0.1) is 11.8 Å². The third-order valence-corrected chi connectivity index (χ3v) is 6.67. The van der Waals surface area contributed by atoms with Gasteiger partial charge < -0.3 is 9.64 Å². The molecule has 3 fully saturated rings. The highest BCUT2D eigenvalue weighted by Crippen LogP contribution is 2.47. The number of carbonyl (C=O) groups is 1. The number of likely N-dealkylation sites (tertiary alicyclic amines) is 1. The summed E-state index contributed by atoms with van der Waals surface area (Å²) in [6.45, 7) is 8.22. The monoisotopic (exact) mass is 342 g/mol. The molecule has 1 unspecified atom stereocenters. The number of hydrogen-bond donors (Lipinski definition) is 0. The third kappa shape index (κ3) is 2.89. The highest BCUT2D eigenvalue weighted by atomic mass is 16.5. The van der Waals surface area contributed by atoms with Gasteiger partial charge in [0.15, 0.2) is 0 Å². The first-order chi connectivity index (χ1) is 12.1. The van der Waals surface area contributed by atoms with Crippen molar-refractivity contribution in [1.82, 2.24) is 9.80 Å². The first-order valence-corrected chi connectivity index (χ1v) is 9.86. The van der Waals surface area contributed by atoms with Crippen molar-refractivity contribution < 1.29 is 9.53 Å². The molecule has 25 heavy (non-hydrogen) atoms. The van der Waals surface area contributed by atoms with Crippen LogP contribution in [0.4, 0.5) is 0 Å². The van der Waals surface area contributed by atoms with Crippen LogP contribution in [0.1, 0.15) is 45.1 Å². The van der Waals surface area contributed by atoms with Crippen LogP contribution in [0.15, 0.2) is 30.3 Å². The highest BCUT2D eigenvalue weighted by Gasteiger charge is 2.59. The summed E-state index contributed by atoms with van der Waals surface area (Å²) < 4.78 is 6.43. The van der Waals surface area contributed by atoms with Crippen LogP contribution in [-0.2, 0) is 16.1 Å². The summed E-state index contributed by atoms with van der Waals surface area (Å²) in [5.41, 5.74) is 1.04. The van der Waals surface area contributed by atoms with E-state index in [0.717, 1.165) is 45.5 Å². The number of hydrogen-bond acceptors (Lipinski definition) is 3. The highest BCUT2D eigenvalue weighted by molar-refractivity contribution is 5.78. The van der Waals surface area contributed by atoms with Gasteiger partial charge in [-0.1, -0.05) is 50.6 Å². The lowest BCUT2D eigenvalue weighted by Crippen LogP contribution is -2.65. The number of ether oxygens (including phenoxy) is 1. The van der Waals surface area contributed by atoms with Gasteiger partial charge in [-0.2, -0.15) is 0 Å². The number of amides is 1. The van der Waals surface area contributed by atoms with Gasteiger partial charge >= 0.3 is 0 Å². The molecule has 4 rings (SSSR count). The smallest absolute Gasteiger partial charge is 0.225 e. The van der Waals surface area contributed by atoms with Crippen molar-refractivity contribution >= 4 is 5.91 Å². The van der Waals surface area contributed by atoms with E-state index in [9.17, 15) is 4.79 Å². The molecule has 3 aliphatic heterocycles. The van der Waals surface area contributed by atoms with Gasteiger partial charge in [-0.3, -0.25) is 9.69 Å². The molecule has 1 spiro atoms. The summed E-state index contributed by atoms with van der Waals surface area (Å²) in [6.07, 6.45) is 3.69. The summed E-state index contributed by atoms with van der Waals surface area (Å²) in [5, 5.41) is 0. The van der Waals surface area contributed by atoms with Gasteiger partial charge in [0.1, 0.15) is 5.72 Å². The normalized spacial score (nSPS) is 33.8. The topological polar surface area (TPSA) is 32.8 Å². The second kappa shape index (κ2) is 6.73. The molecular formula is C21H30N2O2. The largest absolute Gasteiger partial charge is 0.353 e. The van der Waals surface area contributed by atoms with Gasteiger partial charge in [0.25, 0.3) is 0 Å².